The van der Waals surface area contributed by atoms with E-state index in [1.54, 1.807) is 31.4 Å². The second-order valence-corrected chi connectivity index (χ2v) is 5.73. The smallest absolute Gasteiger partial charge is 0.278 e. The fourth-order valence-electron chi connectivity index (χ4n) is 3.32. The Morgan fingerprint density at radius 2 is 1.88 bits per heavy atom. The van der Waals surface area contributed by atoms with Crippen LogP contribution in [0.2, 0.25) is 0 Å². The molecule has 2 aromatic rings. The zero-order chi connectivity index (χ0) is 16.8. The molecule has 2 aliphatic rings. The fraction of sp³-hybridized carbons (Fsp3) is 0.222. The highest BCUT2D eigenvalue weighted by molar-refractivity contribution is 6.09. The number of nitrogens with zero attached hydrogens (tertiary/aromatic N) is 2. The van der Waals surface area contributed by atoms with Gasteiger partial charge in [0.05, 0.1) is 31.5 Å². The lowest BCUT2D eigenvalue weighted by Gasteiger charge is -2.12. The Morgan fingerprint density at radius 3 is 2.54 bits per heavy atom. The average molecular weight is 324 g/mol. The Morgan fingerprint density at radius 1 is 1.12 bits per heavy atom. The van der Waals surface area contributed by atoms with Crippen LogP contribution in [0.5, 0.6) is 17.2 Å². The SMILES string of the molecule is COc1ccc2c(c1OC)C(=O)N1N=C(c3ccc(O)cc3)CC21. The average Bonchev–Trinajstić information content (AvgIpc) is 3.14. The molecule has 0 saturated carbocycles. The molecule has 1 unspecified atom stereocenters. The number of hydrogen-bond acceptors (Lipinski definition) is 5. The van der Waals surface area contributed by atoms with Crippen molar-refractivity contribution in [3.05, 3.63) is 53.1 Å². The summed E-state index contributed by atoms with van der Waals surface area (Å²) in [5, 5.41) is 15.4. The van der Waals surface area contributed by atoms with Crippen molar-refractivity contribution in [3.63, 3.8) is 0 Å². The van der Waals surface area contributed by atoms with E-state index in [2.05, 4.69) is 5.10 Å². The van der Waals surface area contributed by atoms with E-state index in [9.17, 15) is 9.90 Å². The molecule has 2 aliphatic heterocycles. The minimum absolute atomic E-state index is 0.129. The third-order valence-corrected chi connectivity index (χ3v) is 4.47. The van der Waals surface area contributed by atoms with E-state index in [1.165, 1.54) is 12.1 Å². The Hall–Kier alpha value is -3.02. The van der Waals surface area contributed by atoms with Crippen LogP contribution >= 0.6 is 0 Å². The lowest BCUT2D eigenvalue weighted by Crippen LogP contribution is -2.18. The lowest BCUT2D eigenvalue weighted by molar-refractivity contribution is 0.0753. The van der Waals surface area contributed by atoms with E-state index in [0.717, 1.165) is 16.8 Å². The van der Waals surface area contributed by atoms with Gasteiger partial charge in [-0.2, -0.15) is 5.10 Å². The van der Waals surface area contributed by atoms with Crippen molar-refractivity contribution in [1.29, 1.82) is 0 Å². The second-order valence-electron chi connectivity index (χ2n) is 5.73. The topological polar surface area (TPSA) is 71.4 Å². The Kier molecular flexibility index (Phi) is 3.19. The molecule has 2 aromatic carbocycles. The normalized spacial score (nSPS) is 18.2. The highest BCUT2D eigenvalue weighted by Crippen LogP contribution is 2.47. The number of hydrogen-bond donors (Lipinski definition) is 1. The molecule has 0 spiro atoms. The van der Waals surface area contributed by atoms with Crippen LogP contribution in [0.3, 0.4) is 0 Å². The zero-order valence-electron chi connectivity index (χ0n) is 13.3. The predicted octanol–water partition coefficient (Wildman–Crippen LogP) is 2.71. The molecule has 122 valence electrons. The van der Waals surface area contributed by atoms with Crippen molar-refractivity contribution < 1.29 is 19.4 Å². The fourth-order valence-corrected chi connectivity index (χ4v) is 3.32. The first-order valence-corrected chi connectivity index (χ1v) is 7.59. The summed E-state index contributed by atoms with van der Waals surface area (Å²) in [6.07, 6.45) is 0.624. The molecule has 0 aromatic heterocycles. The molecule has 6 nitrogen and oxygen atoms in total. The van der Waals surface area contributed by atoms with E-state index < -0.39 is 0 Å². The van der Waals surface area contributed by atoms with Crippen molar-refractivity contribution in [3.8, 4) is 17.2 Å². The van der Waals surface area contributed by atoms with E-state index in [-0.39, 0.29) is 17.7 Å². The Balaban J connectivity index is 1.74. The highest BCUT2D eigenvalue weighted by Gasteiger charge is 2.44. The number of rotatable bonds is 3. The quantitative estimate of drug-likeness (QED) is 0.942. The number of hydrazone groups is 1. The van der Waals surface area contributed by atoms with Gasteiger partial charge in [-0.3, -0.25) is 4.79 Å². The van der Waals surface area contributed by atoms with Crippen molar-refractivity contribution >= 4 is 11.6 Å². The molecule has 0 radical (unpaired) electrons. The van der Waals surface area contributed by atoms with Gasteiger partial charge >= 0.3 is 0 Å². The lowest BCUT2D eigenvalue weighted by atomic mass is 9.97. The maximum Gasteiger partial charge on any atom is 0.278 e. The Bertz CT molecular complexity index is 858. The number of phenolic OH excluding ortho intramolecular Hbond substituents is 1. The minimum Gasteiger partial charge on any atom is -0.508 e. The molecule has 1 N–H and O–H groups in total. The molecule has 0 saturated heterocycles. The Labute approximate surface area is 138 Å². The van der Waals surface area contributed by atoms with Crippen LogP contribution in [0.1, 0.15) is 33.9 Å². The molecule has 6 heteroatoms. The number of carbonyl (C=O) groups excluding carboxylic acids is 1. The number of ether oxygens (including phenoxy) is 2. The summed E-state index contributed by atoms with van der Waals surface area (Å²) in [5.74, 6) is 1.01. The van der Waals surface area contributed by atoms with Gasteiger partial charge in [-0.15, -0.1) is 0 Å². The highest BCUT2D eigenvalue weighted by atomic mass is 16.5. The first kappa shape index (κ1) is 14.6. The van der Waals surface area contributed by atoms with Crippen LogP contribution in [-0.4, -0.2) is 36.0 Å². The molecule has 1 amide bonds. The number of carbonyl (C=O) groups is 1. The molecular formula is C18H16N2O4. The molecule has 4 rings (SSSR count). The largest absolute Gasteiger partial charge is 0.508 e. The number of methoxy groups -OCH3 is 2. The van der Waals surface area contributed by atoms with Gasteiger partial charge in [-0.1, -0.05) is 6.07 Å². The van der Waals surface area contributed by atoms with Crippen LogP contribution in [-0.2, 0) is 0 Å². The third-order valence-electron chi connectivity index (χ3n) is 4.47. The van der Waals surface area contributed by atoms with E-state index in [4.69, 9.17) is 9.47 Å². The molecule has 2 heterocycles. The molecular weight excluding hydrogens is 308 g/mol. The maximum atomic E-state index is 12.8. The van der Waals surface area contributed by atoms with E-state index in [1.807, 2.05) is 12.1 Å². The van der Waals surface area contributed by atoms with Crippen molar-refractivity contribution in [1.82, 2.24) is 5.01 Å². The molecule has 0 bridgehead atoms. The minimum atomic E-state index is -0.181. The van der Waals surface area contributed by atoms with Crippen molar-refractivity contribution in [2.75, 3.05) is 14.2 Å². The van der Waals surface area contributed by atoms with Crippen LogP contribution < -0.4 is 9.47 Å². The maximum absolute atomic E-state index is 12.8. The summed E-state index contributed by atoms with van der Waals surface area (Å²) in [7, 11) is 3.08. The molecule has 0 fully saturated rings. The van der Waals surface area contributed by atoms with Gasteiger partial charge in [0.15, 0.2) is 11.5 Å². The van der Waals surface area contributed by atoms with E-state index >= 15 is 0 Å². The standard InChI is InChI=1S/C18H16N2O4/c1-23-15-8-7-12-14-9-13(10-3-5-11(21)6-4-10)19-20(14)18(22)16(12)17(15)24-2/h3-8,14,21H,9H2,1-2H3. The van der Waals surface area contributed by atoms with Crippen LogP contribution in [0.4, 0.5) is 0 Å². The monoisotopic (exact) mass is 324 g/mol. The van der Waals surface area contributed by atoms with Gasteiger partial charge in [-0.05, 0) is 41.5 Å². The number of amides is 1. The van der Waals surface area contributed by atoms with Gasteiger partial charge in [0.2, 0.25) is 0 Å². The van der Waals surface area contributed by atoms with Gasteiger partial charge in [0, 0.05) is 6.42 Å². The molecule has 0 aliphatic carbocycles. The van der Waals surface area contributed by atoms with Gasteiger partial charge in [-0.25, -0.2) is 5.01 Å². The van der Waals surface area contributed by atoms with Gasteiger partial charge in [0.1, 0.15) is 5.75 Å². The van der Waals surface area contributed by atoms with Gasteiger partial charge in [0.25, 0.3) is 5.91 Å². The number of aromatic hydroxyl groups is 1. The number of phenols is 1. The summed E-state index contributed by atoms with van der Waals surface area (Å²) in [5.41, 5.74) is 3.15. The number of benzene rings is 2. The van der Waals surface area contributed by atoms with Gasteiger partial charge < -0.3 is 14.6 Å². The summed E-state index contributed by atoms with van der Waals surface area (Å²) in [4.78, 5) is 12.8. The van der Waals surface area contributed by atoms with Crippen LogP contribution in [0.25, 0.3) is 0 Å². The second kappa shape index (κ2) is 5.26. The van der Waals surface area contributed by atoms with E-state index in [0.29, 0.717) is 23.5 Å². The van der Waals surface area contributed by atoms with Crippen molar-refractivity contribution in [2.45, 2.75) is 12.5 Å². The third kappa shape index (κ3) is 1.96. The zero-order valence-corrected chi connectivity index (χ0v) is 13.3. The first-order chi connectivity index (χ1) is 11.6. The predicted molar refractivity (Wildman–Crippen MR) is 87.7 cm³/mol. The number of fused-ring (bicyclic) bond motifs is 3. The summed E-state index contributed by atoms with van der Waals surface area (Å²) >= 11 is 0. The molecule has 1 atom stereocenters. The molecule has 24 heavy (non-hydrogen) atoms. The van der Waals surface area contributed by atoms with Crippen LogP contribution in [0, 0.1) is 0 Å². The van der Waals surface area contributed by atoms with Crippen molar-refractivity contribution in [2.24, 2.45) is 5.10 Å². The summed E-state index contributed by atoms with van der Waals surface area (Å²) in [6, 6.07) is 10.4. The first-order valence-electron chi connectivity index (χ1n) is 7.59. The van der Waals surface area contributed by atoms with Crippen LogP contribution in [0.15, 0.2) is 41.5 Å². The summed E-state index contributed by atoms with van der Waals surface area (Å²) in [6.45, 7) is 0. The summed E-state index contributed by atoms with van der Waals surface area (Å²) < 4.78 is 10.7.